The van der Waals surface area contributed by atoms with Crippen LogP contribution in [0.1, 0.15) is 45.5 Å². The third-order valence-electron chi connectivity index (χ3n) is 5.80. The van der Waals surface area contributed by atoms with Crippen molar-refractivity contribution in [3.63, 3.8) is 0 Å². The largest absolute Gasteiger partial charge is 0.508 e. The van der Waals surface area contributed by atoms with Gasteiger partial charge >= 0.3 is 5.97 Å². The molecule has 0 aliphatic carbocycles. The van der Waals surface area contributed by atoms with Gasteiger partial charge in [-0.25, -0.2) is 9.18 Å². The number of ether oxygens (including phenoxy) is 1. The molecule has 0 saturated heterocycles. The number of fused-ring (bicyclic) bond motifs is 1. The van der Waals surface area contributed by atoms with Crippen molar-refractivity contribution < 1.29 is 29.2 Å². The van der Waals surface area contributed by atoms with E-state index in [-0.39, 0.29) is 22.9 Å². The van der Waals surface area contributed by atoms with E-state index in [1.807, 2.05) is 32.3 Å². The summed E-state index contributed by atoms with van der Waals surface area (Å²) in [7, 11) is 4.10. The maximum atomic E-state index is 13.4. The average molecular weight is 479 g/mol. The number of hydrogen-bond acceptors (Lipinski definition) is 6. The van der Waals surface area contributed by atoms with Gasteiger partial charge in [0.2, 0.25) is 0 Å². The second-order valence-electron chi connectivity index (χ2n) is 8.52. The van der Waals surface area contributed by atoms with E-state index in [0.29, 0.717) is 12.2 Å². The third kappa shape index (κ3) is 5.96. The lowest BCUT2D eigenvalue weighted by molar-refractivity contribution is -0.0140. The molecular formula is C27H27FN2O5. The summed E-state index contributed by atoms with van der Waals surface area (Å²) < 4.78 is 19.6. The highest BCUT2D eigenvalue weighted by Gasteiger charge is 2.41. The molecule has 3 aromatic rings. The first-order valence-electron chi connectivity index (χ1n) is 11.0. The lowest BCUT2D eigenvalue weighted by atomic mass is 9.81. The molecule has 0 radical (unpaired) electrons. The fraction of sp³-hybridized carbons (Fsp3) is 0.259. The van der Waals surface area contributed by atoms with E-state index in [4.69, 9.17) is 25.3 Å². The van der Waals surface area contributed by atoms with Gasteiger partial charge in [-0.1, -0.05) is 18.2 Å². The summed E-state index contributed by atoms with van der Waals surface area (Å²) in [5.74, 6) is -2.05. The van der Waals surface area contributed by atoms with Crippen LogP contribution < -0.4 is 0 Å². The van der Waals surface area contributed by atoms with Crippen LogP contribution in [0.5, 0.6) is 11.5 Å². The summed E-state index contributed by atoms with van der Waals surface area (Å²) in [5, 5.41) is 35.3. The minimum absolute atomic E-state index is 0.180. The Labute approximate surface area is 203 Å². The number of phenols is 2. The Morgan fingerprint density at radius 3 is 2.43 bits per heavy atom. The lowest BCUT2D eigenvalue weighted by Crippen LogP contribution is -2.28. The third-order valence-corrected chi connectivity index (χ3v) is 5.80. The number of carbonyl (C=O) groups is 1. The van der Waals surface area contributed by atoms with Crippen LogP contribution in [0, 0.1) is 17.1 Å². The average Bonchev–Trinajstić information content (AvgIpc) is 3.20. The Balaban J connectivity index is 0.000000261. The molecule has 35 heavy (non-hydrogen) atoms. The van der Waals surface area contributed by atoms with Gasteiger partial charge < -0.3 is 25.0 Å². The number of aromatic hydroxyl groups is 2. The zero-order valence-electron chi connectivity index (χ0n) is 19.5. The van der Waals surface area contributed by atoms with E-state index in [0.717, 1.165) is 48.2 Å². The van der Waals surface area contributed by atoms with Crippen LogP contribution in [-0.4, -0.2) is 46.8 Å². The first kappa shape index (κ1) is 25.7. The van der Waals surface area contributed by atoms with Gasteiger partial charge in [0.25, 0.3) is 0 Å². The van der Waals surface area contributed by atoms with E-state index < -0.39 is 11.6 Å². The Hall–Kier alpha value is -3.93. The van der Waals surface area contributed by atoms with Crippen molar-refractivity contribution >= 4 is 5.97 Å². The van der Waals surface area contributed by atoms with Crippen LogP contribution in [0.4, 0.5) is 4.39 Å². The van der Waals surface area contributed by atoms with Crippen LogP contribution in [0.3, 0.4) is 0 Å². The summed E-state index contributed by atoms with van der Waals surface area (Å²) in [5.41, 5.74) is 2.87. The van der Waals surface area contributed by atoms with Gasteiger partial charge in [-0.3, -0.25) is 0 Å². The second-order valence-corrected chi connectivity index (χ2v) is 8.52. The van der Waals surface area contributed by atoms with Crippen molar-refractivity contribution in [2.24, 2.45) is 0 Å². The highest BCUT2D eigenvalue weighted by atomic mass is 19.1. The smallest absolute Gasteiger partial charge is 0.339 e. The number of carboxylic acid groups (broad SMARTS) is 1. The summed E-state index contributed by atoms with van der Waals surface area (Å²) in [6, 6.07) is 17.8. The summed E-state index contributed by atoms with van der Waals surface area (Å²) in [4.78, 5) is 12.4. The standard InChI is InChI=1S/C20H21FN2O.C7H6O4/c1-23(2)11-3-10-20(17-5-7-18(21)8-6-17)19-9-4-15(13-22)12-16(19)14-24-20;8-4-1-2-6(9)5(3-4)7(10)11/h4-9,12H,3,10-11,14H2,1-2H3;1-3,8-9H,(H,10,11)/t20-;/m0./s1. The normalized spacial score (nSPS) is 16.2. The Morgan fingerprint density at radius 1 is 1.11 bits per heavy atom. The van der Waals surface area contributed by atoms with E-state index in [1.54, 1.807) is 12.1 Å². The van der Waals surface area contributed by atoms with Crippen molar-refractivity contribution in [2.45, 2.75) is 25.0 Å². The maximum Gasteiger partial charge on any atom is 0.339 e. The molecule has 4 rings (SSSR count). The summed E-state index contributed by atoms with van der Waals surface area (Å²) >= 11 is 0. The molecular weight excluding hydrogens is 451 g/mol. The highest BCUT2D eigenvalue weighted by molar-refractivity contribution is 5.91. The van der Waals surface area contributed by atoms with Crippen molar-refractivity contribution in [1.82, 2.24) is 4.90 Å². The molecule has 0 bridgehead atoms. The zero-order chi connectivity index (χ0) is 25.6. The molecule has 1 aliphatic rings. The van der Waals surface area contributed by atoms with Gasteiger partial charge in [0.15, 0.2) is 0 Å². The Kier molecular flexibility index (Phi) is 8.07. The van der Waals surface area contributed by atoms with E-state index in [9.17, 15) is 9.18 Å². The van der Waals surface area contributed by atoms with Crippen molar-refractivity contribution in [2.75, 3.05) is 20.6 Å². The molecule has 0 fully saturated rings. The predicted octanol–water partition coefficient (Wildman–Crippen LogP) is 4.61. The molecule has 3 aromatic carbocycles. The number of aromatic carboxylic acids is 1. The molecule has 0 amide bonds. The van der Waals surface area contributed by atoms with Crippen molar-refractivity contribution in [1.29, 1.82) is 5.26 Å². The minimum atomic E-state index is -1.27. The molecule has 8 heteroatoms. The molecule has 7 nitrogen and oxygen atoms in total. The fourth-order valence-corrected chi connectivity index (χ4v) is 4.10. The van der Waals surface area contributed by atoms with Crippen LogP contribution in [0.2, 0.25) is 0 Å². The Bertz CT molecular complexity index is 1240. The Morgan fingerprint density at radius 2 is 1.83 bits per heavy atom. The number of phenolic OH excluding ortho intramolecular Hbond substituents is 1. The molecule has 1 aliphatic heterocycles. The van der Waals surface area contributed by atoms with Crippen LogP contribution in [0.25, 0.3) is 0 Å². The maximum absolute atomic E-state index is 13.4. The van der Waals surface area contributed by atoms with Gasteiger partial charge in [-0.05, 0) is 92.6 Å². The number of carboxylic acids is 1. The number of halogens is 1. The quantitative estimate of drug-likeness (QED) is 0.443. The topological polar surface area (TPSA) is 114 Å². The molecule has 3 N–H and O–H groups in total. The van der Waals surface area contributed by atoms with Crippen molar-refractivity contribution in [3.05, 3.63) is 94.3 Å². The van der Waals surface area contributed by atoms with Crippen LogP contribution >= 0.6 is 0 Å². The first-order valence-corrected chi connectivity index (χ1v) is 11.0. The van der Waals surface area contributed by atoms with Crippen LogP contribution in [-0.2, 0) is 16.9 Å². The molecule has 1 heterocycles. The highest BCUT2D eigenvalue weighted by Crippen LogP contribution is 2.45. The van der Waals surface area contributed by atoms with Crippen LogP contribution in [0.15, 0.2) is 60.7 Å². The van der Waals surface area contributed by atoms with Gasteiger partial charge in [-0.2, -0.15) is 5.26 Å². The first-order chi connectivity index (χ1) is 16.7. The summed E-state index contributed by atoms with van der Waals surface area (Å²) in [6.45, 7) is 1.43. The number of nitrogens with zero attached hydrogens (tertiary/aromatic N) is 2. The van der Waals surface area contributed by atoms with E-state index in [1.165, 1.54) is 18.2 Å². The van der Waals surface area contributed by atoms with E-state index in [2.05, 4.69) is 11.0 Å². The molecule has 182 valence electrons. The predicted molar refractivity (Wildman–Crippen MR) is 128 cm³/mol. The van der Waals surface area contributed by atoms with Gasteiger partial charge in [0.05, 0.1) is 18.2 Å². The number of nitriles is 1. The molecule has 0 unspecified atom stereocenters. The van der Waals surface area contributed by atoms with Gasteiger partial charge in [0.1, 0.15) is 28.5 Å². The molecule has 0 aromatic heterocycles. The zero-order valence-corrected chi connectivity index (χ0v) is 19.5. The molecule has 1 atom stereocenters. The van der Waals surface area contributed by atoms with Gasteiger partial charge in [0, 0.05) is 0 Å². The minimum Gasteiger partial charge on any atom is -0.508 e. The number of hydrogen-bond donors (Lipinski definition) is 3. The summed E-state index contributed by atoms with van der Waals surface area (Å²) in [6.07, 6.45) is 1.78. The van der Waals surface area contributed by atoms with E-state index >= 15 is 0 Å². The lowest BCUT2D eigenvalue weighted by Gasteiger charge is -2.31. The van der Waals surface area contributed by atoms with Crippen molar-refractivity contribution in [3.8, 4) is 17.6 Å². The SMILES string of the molecule is CN(C)CCC[C@@]1(c2ccc(F)cc2)OCc2cc(C#N)ccc21.O=C(O)c1cc(O)ccc1O. The molecule has 0 saturated carbocycles. The molecule has 0 spiro atoms. The fourth-order valence-electron chi connectivity index (χ4n) is 4.10. The number of benzene rings is 3. The van der Waals surface area contributed by atoms with Gasteiger partial charge in [-0.15, -0.1) is 0 Å². The monoisotopic (exact) mass is 478 g/mol. The number of rotatable bonds is 6. The second kappa shape index (κ2) is 11.0.